The van der Waals surface area contributed by atoms with Crippen molar-refractivity contribution in [3.05, 3.63) is 23.3 Å². The fourth-order valence-corrected chi connectivity index (χ4v) is 2.35. The summed E-state index contributed by atoms with van der Waals surface area (Å²) < 4.78 is 33.1. The molecule has 0 aromatic heterocycles. The highest BCUT2D eigenvalue weighted by atomic mass is 35.5. The first-order chi connectivity index (χ1) is 7.88. The maximum absolute atomic E-state index is 12.5. The molecule has 0 heterocycles. The molecule has 102 valence electrons. The molecular weight excluding hydrogens is 358 g/mol. The van der Waals surface area contributed by atoms with Gasteiger partial charge in [0.1, 0.15) is 0 Å². The minimum atomic E-state index is -4.64. The van der Waals surface area contributed by atoms with Gasteiger partial charge in [0.15, 0.2) is 8.67 Å². The predicted octanol–water partition coefficient (Wildman–Crippen LogP) is 4.92. The van der Waals surface area contributed by atoms with E-state index in [1.807, 2.05) is 0 Å². The molecular formula is C9H4Cl5F3O. The third-order valence-electron chi connectivity index (χ3n) is 2.17. The van der Waals surface area contributed by atoms with E-state index in [0.29, 0.717) is 0 Å². The highest BCUT2D eigenvalue weighted by Gasteiger charge is 2.53. The molecule has 0 spiro atoms. The SMILES string of the molecule is O=C(Cl)C1=C(CC(F)(F)F)C(Cl)(Cl)C(Cl)(Cl)C=C1. The van der Waals surface area contributed by atoms with Crippen molar-refractivity contribution in [1.29, 1.82) is 0 Å². The molecule has 0 bridgehead atoms. The van der Waals surface area contributed by atoms with Crippen molar-refractivity contribution in [2.24, 2.45) is 0 Å². The average Bonchev–Trinajstić information content (AvgIpc) is 2.11. The zero-order chi connectivity index (χ0) is 14.4. The second-order valence-corrected chi connectivity index (χ2v) is 6.55. The summed E-state index contributed by atoms with van der Waals surface area (Å²) in [5, 5.41) is -1.12. The largest absolute Gasteiger partial charge is 0.392 e. The van der Waals surface area contributed by atoms with E-state index in [2.05, 4.69) is 0 Å². The van der Waals surface area contributed by atoms with E-state index in [0.717, 1.165) is 12.2 Å². The number of allylic oxidation sites excluding steroid dienone is 4. The standard InChI is InChI=1S/C9H4Cl5F3O/c10-6(18)4-1-2-7(11,12)9(13,14)5(4)3-8(15,16)17/h1-2H,3H2. The predicted molar refractivity (Wildman–Crippen MR) is 66.6 cm³/mol. The number of halogens is 8. The van der Waals surface area contributed by atoms with Gasteiger partial charge in [0.2, 0.25) is 0 Å². The number of alkyl halides is 7. The Morgan fingerprint density at radius 2 is 1.72 bits per heavy atom. The molecule has 1 rings (SSSR count). The molecule has 0 atom stereocenters. The lowest BCUT2D eigenvalue weighted by molar-refractivity contribution is -0.127. The van der Waals surface area contributed by atoms with Crippen LogP contribution in [0, 0.1) is 0 Å². The van der Waals surface area contributed by atoms with Crippen LogP contribution in [0.4, 0.5) is 13.2 Å². The van der Waals surface area contributed by atoms with Gasteiger partial charge in [-0.1, -0.05) is 52.5 Å². The summed E-state index contributed by atoms with van der Waals surface area (Å²) in [6.07, 6.45) is -4.21. The van der Waals surface area contributed by atoms with Crippen molar-refractivity contribution in [2.45, 2.75) is 21.3 Å². The molecule has 1 aliphatic carbocycles. The van der Waals surface area contributed by atoms with E-state index < -0.39 is 37.7 Å². The normalized spacial score (nSPS) is 22.2. The molecule has 0 fully saturated rings. The molecule has 0 aromatic rings. The van der Waals surface area contributed by atoms with E-state index in [9.17, 15) is 18.0 Å². The lowest BCUT2D eigenvalue weighted by Crippen LogP contribution is -2.41. The van der Waals surface area contributed by atoms with Crippen molar-refractivity contribution in [1.82, 2.24) is 0 Å². The Kier molecular flexibility index (Phi) is 4.62. The topological polar surface area (TPSA) is 17.1 Å². The molecule has 0 amide bonds. The molecule has 0 aliphatic heterocycles. The fraction of sp³-hybridized carbons (Fsp3) is 0.444. The van der Waals surface area contributed by atoms with Crippen LogP contribution < -0.4 is 0 Å². The first-order valence-corrected chi connectivity index (χ1v) is 6.22. The van der Waals surface area contributed by atoms with Crippen molar-refractivity contribution < 1.29 is 18.0 Å². The maximum atomic E-state index is 12.5. The van der Waals surface area contributed by atoms with Crippen LogP contribution in [-0.2, 0) is 4.79 Å². The Morgan fingerprint density at radius 3 is 2.11 bits per heavy atom. The Bertz CT molecular complexity index is 436. The molecule has 9 heteroatoms. The summed E-state index contributed by atoms with van der Waals surface area (Å²) in [5.41, 5.74) is -1.14. The number of hydrogen-bond acceptors (Lipinski definition) is 1. The first kappa shape index (κ1) is 16.4. The van der Waals surface area contributed by atoms with Crippen LogP contribution in [-0.4, -0.2) is 20.1 Å². The summed E-state index contributed by atoms with van der Waals surface area (Å²) in [6.45, 7) is 0. The quantitative estimate of drug-likeness (QED) is 0.503. The third-order valence-corrected chi connectivity index (χ3v) is 4.63. The number of hydrogen-bond donors (Lipinski definition) is 0. The molecule has 0 radical (unpaired) electrons. The highest BCUT2D eigenvalue weighted by molar-refractivity contribution is 6.69. The number of rotatable bonds is 2. The van der Waals surface area contributed by atoms with E-state index in [4.69, 9.17) is 58.0 Å². The van der Waals surface area contributed by atoms with Crippen molar-refractivity contribution in [2.75, 3.05) is 0 Å². The Balaban J connectivity index is 3.39. The van der Waals surface area contributed by atoms with Gasteiger partial charge in [0.25, 0.3) is 5.24 Å². The number of carbonyl (C=O) groups excluding carboxylic acids is 1. The zero-order valence-electron chi connectivity index (χ0n) is 8.29. The summed E-state index contributed by atoms with van der Waals surface area (Å²) in [7, 11) is 0. The van der Waals surface area contributed by atoms with Gasteiger partial charge in [0.05, 0.1) is 6.42 Å². The van der Waals surface area contributed by atoms with Gasteiger partial charge in [-0.3, -0.25) is 4.79 Å². The summed E-state index contributed by atoms with van der Waals surface area (Å²) in [4.78, 5) is 11.1. The molecule has 0 N–H and O–H groups in total. The lowest BCUT2D eigenvalue weighted by Gasteiger charge is -2.36. The molecule has 18 heavy (non-hydrogen) atoms. The van der Waals surface area contributed by atoms with Crippen LogP contribution in [0.1, 0.15) is 6.42 Å². The Morgan fingerprint density at radius 1 is 1.22 bits per heavy atom. The molecule has 0 unspecified atom stereocenters. The van der Waals surface area contributed by atoms with Gasteiger partial charge in [-0.2, -0.15) is 13.2 Å². The van der Waals surface area contributed by atoms with Gasteiger partial charge in [-0.15, -0.1) is 0 Å². The van der Waals surface area contributed by atoms with Crippen LogP contribution in [0.3, 0.4) is 0 Å². The van der Waals surface area contributed by atoms with E-state index in [1.54, 1.807) is 0 Å². The molecule has 1 aliphatic rings. The molecule has 0 saturated heterocycles. The maximum Gasteiger partial charge on any atom is 0.392 e. The van der Waals surface area contributed by atoms with Crippen LogP contribution in [0.15, 0.2) is 23.3 Å². The third kappa shape index (κ3) is 3.28. The van der Waals surface area contributed by atoms with Crippen molar-refractivity contribution in [3.63, 3.8) is 0 Å². The summed E-state index contributed by atoms with van der Waals surface area (Å²) in [6, 6.07) is 0. The molecule has 0 aromatic carbocycles. The summed E-state index contributed by atoms with van der Waals surface area (Å²) >= 11 is 28.1. The minimum absolute atomic E-state index is 0.462. The van der Waals surface area contributed by atoms with Gasteiger partial charge < -0.3 is 0 Å². The second-order valence-electron chi connectivity index (χ2n) is 3.49. The van der Waals surface area contributed by atoms with Crippen molar-refractivity contribution >= 4 is 63.2 Å². The van der Waals surface area contributed by atoms with Gasteiger partial charge in [-0.25, -0.2) is 0 Å². The zero-order valence-corrected chi connectivity index (χ0v) is 12.1. The molecule has 1 nitrogen and oxygen atoms in total. The molecule has 0 saturated carbocycles. The van der Waals surface area contributed by atoms with Gasteiger partial charge in [0, 0.05) is 5.57 Å². The van der Waals surface area contributed by atoms with Crippen LogP contribution in [0.5, 0.6) is 0 Å². The van der Waals surface area contributed by atoms with Crippen LogP contribution >= 0.6 is 58.0 Å². The van der Waals surface area contributed by atoms with E-state index >= 15 is 0 Å². The minimum Gasteiger partial charge on any atom is -0.276 e. The average molecular weight is 362 g/mol. The summed E-state index contributed by atoms with van der Waals surface area (Å²) in [5.74, 6) is 0. The van der Waals surface area contributed by atoms with Gasteiger partial charge in [-0.05, 0) is 23.3 Å². The monoisotopic (exact) mass is 360 g/mol. The Hall–Kier alpha value is 0.390. The van der Waals surface area contributed by atoms with Crippen LogP contribution in [0.25, 0.3) is 0 Å². The van der Waals surface area contributed by atoms with Gasteiger partial charge >= 0.3 is 6.18 Å². The first-order valence-electron chi connectivity index (χ1n) is 4.33. The van der Waals surface area contributed by atoms with E-state index in [-0.39, 0.29) is 0 Å². The fourth-order valence-electron chi connectivity index (χ4n) is 1.35. The van der Waals surface area contributed by atoms with Crippen molar-refractivity contribution in [3.8, 4) is 0 Å². The second kappa shape index (κ2) is 5.06. The highest BCUT2D eigenvalue weighted by Crippen LogP contribution is 2.54. The van der Waals surface area contributed by atoms with Crippen LogP contribution in [0.2, 0.25) is 0 Å². The smallest absolute Gasteiger partial charge is 0.276 e. The number of carbonyl (C=O) groups is 1. The van der Waals surface area contributed by atoms with E-state index in [1.165, 1.54) is 0 Å². The lowest BCUT2D eigenvalue weighted by atomic mass is 9.93. The Labute approximate surface area is 125 Å².